The van der Waals surface area contributed by atoms with Gasteiger partial charge in [0.2, 0.25) is 0 Å². The molecule has 1 aliphatic heterocycles. The lowest BCUT2D eigenvalue weighted by Gasteiger charge is -2.38. The summed E-state index contributed by atoms with van der Waals surface area (Å²) in [6, 6.07) is 7.02. The first-order chi connectivity index (χ1) is 11.8. The van der Waals surface area contributed by atoms with E-state index in [9.17, 15) is 4.79 Å². The number of aryl methyl sites for hydroxylation is 1. The van der Waals surface area contributed by atoms with Crippen molar-refractivity contribution in [3.63, 3.8) is 0 Å². The van der Waals surface area contributed by atoms with Crippen LogP contribution in [0.25, 0.3) is 0 Å². The third-order valence-corrected chi connectivity index (χ3v) is 5.40. The van der Waals surface area contributed by atoms with Crippen LogP contribution in [0.15, 0.2) is 18.2 Å². The van der Waals surface area contributed by atoms with Crippen molar-refractivity contribution in [2.24, 2.45) is 0 Å². The maximum Gasteiger partial charge on any atom is 0.260 e. The van der Waals surface area contributed by atoms with E-state index in [4.69, 9.17) is 4.74 Å². The van der Waals surface area contributed by atoms with Crippen molar-refractivity contribution in [3.8, 4) is 5.75 Å². The van der Waals surface area contributed by atoms with Gasteiger partial charge in [-0.1, -0.05) is 19.9 Å². The van der Waals surface area contributed by atoms with E-state index < -0.39 is 0 Å². The second-order valence-electron chi connectivity index (χ2n) is 7.83. The van der Waals surface area contributed by atoms with Crippen molar-refractivity contribution in [2.45, 2.75) is 65.5 Å². The highest BCUT2D eigenvalue weighted by molar-refractivity contribution is 5.77. The molecule has 1 saturated heterocycles. The smallest absolute Gasteiger partial charge is 0.260 e. The molecule has 0 N–H and O–H groups in total. The van der Waals surface area contributed by atoms with Crippen LogP contribution < -0.4 is 4.74 Å². The average Bonchev–Trinajstić information content (AvgIpc) is 2.58. The highest BCUT2D eigenvalue weighted by atomic mass is 16.5. The summed E-state index contributed by atoms with van der Waals surface area (Å²) >= 11 is 0. The summed E-state index contributed by atoms with van der Waals surface area (Å²) in [5.41, 5.74) is 2.54. The molecule has 4 nitrogen and oxygen atoms in total. The van der Waals surface area contributed by atoms with Crippen LogP contribution in [0.2, 0.25) is 0 Å². The van der Waals surface area contributed by atoms with Gasteiger partial charge in [0.05, 0.1) is 0 Å². The van der Waals surface area contributed by atoms with E-state index in [0.29, 0.717) is 18.0 Å². The molecule has 0 aliphatic carbocycles. The summed E-state index contributed by atoms with van der Waals surface area (Å²) in [6.07, 6.45) is 2.09. The SMILES string of the molecule is Cc1cc(OCC(=O)N(C)C2CCN(C(C)C)CC2)ccc1C(C)C. The molecular weight excluding hydrogens is 312 g/mol. The summed E-state index contributed by atoms with van der Waals surface area (Å²) in [4.78, 5) is 16.8. The number of ether oxygens (including phenoxy) is 1. The van der Waals surface area contributed by atoms with Gasteiger partial charge in [-0.25, -0.2) is 0 Å². The average molecular weight is 347 g/mol. The highest BCUT2D eigenvalue weighted by Gasteiger charge is 2.26. The highest BCUT2D eigenvalue weighted by Crippen LogP contribution is 2.24. The zero-order valence-corrected chi connectivity index (χ0v) is 16.7. The topological polar surface area (TPSA) is 32.8 Å². The van der Waals surface area contributed by atoms with Crippen molar-refractivity contribution < 1.29 is 9.53 Å². The molecule has 0 radical (unpaired) electrons. The lowest BCUT2D eigenvalue weighted by Crippen LogP contribution is -2.48. The van der Waals surface area contributed by atoms with Crippen LogP contribution >= 0.6 is 0 Å². The third kappa shape index (κ3) is 5.21. The number of hydrogen-bond acceptors (Lipinski definition) is 3. The molecule has 1 amide bonds. The molecule has 0 bridgehead atoms. The summed E-state index contributed by atoms with van der Waals surface area (Å²) in [6.45, 7) is 13.2. The second kappa shape index (κ2) is 8.70. The first kappa shape index (κ1) is 19.8. The van der Waals surface area contributed by atoms with Crippen LogP contribution in [0.4, 0.5) is 0 Å². The molecule has 0 unspecified atom stereocenters. The molecule has 140 valence electrons. The number of amides is 1. The Hall–Kier alpha value is -1.55. The van der Waals surface area contributed by atoms with Crippen LogP contribution in [0.1, 0.15) is 57.6 Å². The number of nitrogens with zero attached hydrogens (tertiary/aromatic N) is 2. The first-order valence-electron chi connectivity index (χ1n) is 9.52. The van der Waals surface area contributed by atoms with E-state index in [1.165, 1.54) is 11.1 Å². The van der Waals surface area contributed by atoms with Gasteiger partial charge < -0.3 is 14.5 Å². The minimum Gasteiger partial charge on any atom is -0.484 e. The van der Waals surface area contributed by atoms with Crippen LogP contribution in [-0.4, -0.2) is 54.5 Å². The Kier molecular flexibility index (Phi) is 6.88. The van der Waals surface area contributed by atoms with E-state index in [2.05, 4.69) is 45.6 Å². The Balaban J connectivity index is 1.85. The molecule has 25 heavy (non-hydrogen) atoms. The van der Waals surface area contributed by atoms with Crippen LogP contribution in [0.5, 0.6) is 5.75 Å². The standard InChI is InChI=1S/C21H34N2O2/c1-15(2)20-8-7-19(13-17(20)5)25-14-21(24)22(6)18-9-11-23(12-10-18)16(3)4/h7-8,13,15-16,18H,9-12,14H2,1-6H3. The van der Waals surface area contributed by atoms with Crippen LogP contribution in [0, 0.1) is 6.92 Å². The van der Waals surface area contributed by atoms with Crippen LogP contribution in [-0.2, 0) is 4.79 Å². The lowest BCUT2D eigenvalue weighted by molar-refractivity contribution is -0.135. The fourth-order valence-electron chi connectivity index (χ4n) is 3.63. The molecule has 0 aromatic heterocycles. The van der Waals surface area contributed by atoms with Gasteiger partial charge in [0.15, 0.2) is 6.61 Å². The number of rotatable bonds is 6. The third-order valence-electron chi connectivity index (χ3n) is 5.40. The van der Waals surface area contributed by atoms with Crippen LogP contribution in [0.3, 0.4) is 0 Å². The van der Waals surface area contributed by atoms with E-state index in [1.807, 2.05) is 24.1 Å². The van der Waals surface area contributed by atoms with Gasteiger partial charge in [0, 0.05) is 32.2 Å². The normalized spacial score (nSPS) is 16.5. The number of carbonyl (C=O) groups is 1. The quantitative estimate of drug-likeness (QED) is 0.785. The maximum atomic E-state index is 12.5. The molecule has 0 saturated carbocycles. The van der Waals surface area contributed by atoms with Gasteiger partial charge in [-0.3, -0.25) is 4.79 Å². The fourth-order valence-corrected chi connectivity index (χ4v) is 3.63. The zero-order chi connectivity index (χ0) is 18.6. The number of carbonyl (C=O) groups excluding carboxylic acids is 1. The van der Waals surface area contributed by atoms with Gasteiger partial charge in [-0.2, -0.15) is 0 Å². The molecule has 1 aromatic rings. The largest absolute Gasteiger partial charge is 0.484 e. The van der Waals surface area contributed by atoms with Gasteiger partial charge in [0.1, 0.15) is 5.75 Å². The van der Waals surface area contributed by atoms with E-state index in [-0.39, 0.29) is 12.5 Å². The molecule has 1 heterocycles. The molecule has 1 fully saturated rings. The predicted molar refractivity (Wildman–Crippen MR) is 103 cm³/mol. The fraction of sp³-hybridized carbons (Fsp3) is 0.667. The Labute approximate surface area is 153 Å². The van der Waals surface area contributed by atoms with E-state index in [1.54, 1.807) is 0 Å². The Morgan fingerprint density at radius 1 is 1.24 bits per heavy atom. The first-order valence-corrected chi connectivity index (χ1v) is 9.52. The molecule has 1 aromatic carbocycles. The van der Waals surface area contributed by atoms with Crippen molar-refractivity contribution in [1.82, 2.24) is 9.80 Å². The summed E-state index contributed by atoms with van der Waals surface area (Å²) in [5.74, 6) is 1.34. The molecule has 2 rings (SSSR count). The monoisotopic (exact) mass is 346 g/mol. The summed E-state index contributed by atoms with van der Waals surface area (Å²) < 4.78 is 5.75. The molecule has 1 aliphatic rings. The van der Waals surface area contributed by atoms with Gasteiger partial charge in [-0.05, 0) is 62.8 Å². The molecule has 0 spiro atoms. The van der Waals surface area contributed by atoms with Gasteiger partial charge in [0.25, 0.3) is 5.91 Å². The Bertz CT molecular complexity index is 575. The number of benzene rings is 1. The molecule has 0 atom stereocenters. The number of likely N-dealkylation sites (N-methyl/N-ethyl adjacent to an activating group) is 1. The zero-order valence-electron chi connectivity index (χ0n) is 16.7. The van der Waals surface area contributed by atoms with Crippen molar-refractivity contribution in [3.05, 3.63) is 29.3 Å². The maximum absolute atomic E-state index is 12.5. The van der Waals surface area contributed by atoms with Crippen molar-refractivity contribution in [2.75, 3.05) is 26.7 Å². The Morgan fingerprint density at radius 3 is 2.40 bits per heavy atom. The number of piperidine rings is 1. The van der Waals surface area contributed by atoms with E-state index >= 15 is 0 Å². The Morgan fingerprint density at radius 2 is 1.88 bits per heavy atom. The van der Waals surface area contributed by atoms with Crippen molar-refractivity contribution in [1.29, 1.82) is 0 Å². The van der Waals surface area contributed by atoms with Gasteiger partial charge in [-0.15, -0.1) is 0 Å². The van der Waals surface area contributed by atoms with Gasteiger partial charge >= 0.3 is 0 Å². The molecular formula is C21H34N2O2. The summed E-state index contributed by atoms with van der Waals surface area (Å²) in [5, 5.41) is 0. The number of hydrogen-bond donors (Lipinski definition) is 0. The summed E-state index contributed by atoms with van der Waals surface area (Å²) in [7, 11) is 1.91. The van der Waals surface area contributed by atoms with E-state index in [0.717, 1.165) is 31.7 Å². The van der Waals surface area contributed by atoms with Crippen molar-refractivity contribution >= 4 is 5.91 Å². The lowest BCUT2D eigenvalue weighted by atomic mass is 9.98. The number of likely N-dealkylation sites (tertiary alicyclic amines) is 1. The molecule has 4 heteroatoms. The predicted octanol–water partition coefficient (Wildman–Crippen LogP) is 3.83. The minimum atomic E-state index is 0.0635. The second-order valence-corrected chi connectivity index (χ2v) is 7.83. The minimum absolute atomic E-state index is 0.0635.